The van der Waals surface area contributed by atoms with Crippen LogP contribution in [0.15, 0.2) is 72.8 Å². The maximum absolute atomic E-state index is 8.70. The van der Waals surface area contributed by atoms with Gasteiger partial charge in [0.15, 0.2) is 11.9 Å². The van der Waals surface area contributed by atoms with Gasteiger partial charge < -0.3 is 0 Å². The van der Waals surface area contributed by atoms with Crippen molar-refractivity contribution in [3.05, 3.63) is 95.4 Å². The third kappa shape index (κ3) is 2.87. The molecule has 3 aromatic carbocycles. The van der Waals surface area contributed by atoms with Gasteiger partial charge >= 0.3 is 0 Å². The Morgan fingerprint density at radius 2 is 1.56 bits per heavy atom. The van der Waals surface area contributed by atoms with Crippen LogP contribution in [-0.2, 0) is 7.05 Å². The molecule has 0 saturated carbocycles. The van der Waals surface area contributed by atoms with E-state index in [0.29, 0.717) is 11.3 Å². The summed E-state index contributed by atoms with van der Waals surface area (Å²) in [7, 11) is -0.501. The highest BCUT2D eigenvalue weighted by atomic mass is 28.3. The van der Waals surface area contributed by atoms with Gasteiger partial charge in [-0.1, -0.05) is 67.6 Å². The van der Waals surface area contributed by atoms with Crippen LogP contribution < -0.4 is 14.9 Å². The van der Waals surface area contributed by atoms with Gasteiger partial charge in [-0.3, -0.25) is 0 Å². The lowest BCUT2D eigenvalue weighted by Crippen LogP contribution is -2.51. The van der Waals surface area contributed by atoms with E-state index >= 15 is 0 Å². The second-order valence-electron chi connectivity index (χ2n) is 9.00. The van der Waals surface area contributed by atoms with Crippen molar-refractivity contribution in [3.8, 4) is 33.5 Å². The minimum Gasteiger partial charge on any atom is -0.238 e. The average molecular weight is 437 g/mol. The topological polar surface area (TPSA) is 8.24 Å². The van der Waals surface area contributed by atoms with Crippen LogP contribution in [-0.4, -0.2) is 8.07 Å². The number of hydrogen-bond donors (Lipinski definition) is 0. The summed E-state index contributed by atoms with van der Waals surface area (Å²) in [6, 6.07) is 10.5. The number of aryl methyl sites for hydroxylation is 3. The monoisotopic (exact) mass is 436 g/mol. The molecule has 0 atom stereocenters. The highest BCUT2D eigenvalue weighted by Gasteiger charge is 2.43. The Labute approximate surface area is 198 Å². The third-order valence-electron chi connectivity index (χ3n) is 6.57. The van der Waals surface area contributed by atoms with Gasteiger partial charge in [-0.15, -0.1) is 0 Å². The van der Waals surface area contributed by atoms with Crippen molar-refractivity contribution in [1.82, 2.24) is 0 Å². The first kappa shape index (κ1) is 15.3. The standard InChI is InChI=1S/C29H27N2Si/c1-19-16-17-31(4)25(18-19)26-20(2)12-13-22-23-14-15-24(30-3)27(21-10-8-7-9-11-21)29(23)32(5,6)28(22)26/h7-18H,1-2,4-6H3/q+1/i7D,8D,9D,10D,11D. The minimum atomic E-state index is -2.54. The summed E-state index contributed by atoms with van der Waals surface area (Å²) < 4.78 is 44.1. The van der Waals surface area contributed by atoms with E-state index in [9.17, 15) is 0 Å². The Morgan fingerprint density at radius 1 is 0.906 bits per heavy atom. The first-order chi connectivity index (χ1) is 17.4. The third-order valence-corrected chi connectivity index (χ3v) is 10.1. The van der Waals surface area contributed by atoms with Gasteiger partial charge in [-0.2, -0.15) is 0 Å². The highest BCUT2D eigenvalue weighted by molar-refractivity contribution is 7.05. The summed E-state index contributed by atoms with van der Waals surface area (Å²) in [4.78, 5) is 3.77. The number of fused-ring (bicyclic) bond motifs is 3. The van der Waals surface area contributed by atoms with Crippen LogP contribution in [0.1, 0.15) is 18.0 Å². The van der Waals surface area contributed by atoms with Crippen molar-refractivity contribution in [2.24, 2.45) is 7.05 Å². The van der Waals surface area contributed by atoms with E-state index < -0.39 is 14.1 Å². The lowest BCUT2D eigenvalue weighted by atomic mass is 9.94. The van der Waals surface area contributed by atoms with E-state index in [1.807, 2.05) is 13.1 Å². The van der Waals surface area contributed by atoms with Gasteiger partial charge in [0.25, 0.3) is 0 Å². The lowest BCUT2D eigenvalue weighted by Gasteiger charge is -2.25. The molecule has 156 valence electrons. The zero-order valence-corrected chi connectivity index (χ0v) is 19.9. The zero-order valence-electron chi connectivity index (χ0n) is 23.9. The normalized spacial score (nSPS) is 15.6. The van der Waals surface area contributed by atoms with Crippen molar-refractivity contribution >= 4 is 24.1 Å². The Balaban J connectivity index is 1.94. The van der Waals surface area contributed by atoms with E-state index in [-0.39, 0.29) is 29.7 Å². The molecule has 1 aromatic heterocycles. The molecule has 3 heteroatoms. The van der Waals surface area contributed by atoms with Crippen molar-refractivity contribution < 1.29 is 11.4 Å². The summed E-state index contributed by atoms with van der Waals surface area (Å²) in [6.45, 7) is 16.6. The number of benzene rings is 3. The maximum atomic E-state index is 8.70. The molecule has 2 nitrogen and oxygen atoms in total. The molecule has 5 rings (SSSR count). The Kier molecular flexibility index (Phi) is 3.49. The average Bonchev–Trinajstić information content (AvgIpc) is 3.10. The molecule has 0 bridgehead atoms. The van der Waals surface area contributed by atoms with Crippen molar-refractivity contribution in [2.75, 3.05) is 0 Å². The van der Waals surface area contributed by atoms with Gasteiger partial charge in [0.1, 0.15) is 15.1 Å². The summed E-state index contributed by atoms with van der Waals surface area (Å²) in [5, 5.41) is 2.20. The molecule has 2 heterocycles. The molecule has 0 spiro atoms. The van der Waals surface area contributed by atoms with Gasteiger partial charge in [0.05, 0.1) is 13.4 Å². The van der Waals surface area contributed by atoms with Crippen LogP contribution in [0, 0.1) is 20.4 Å². The molecule has 0 fully saturated rings. The maximum Gasteiger partial charge on any atom is 0.212 e. The molecule has 0 saturated heterocycles. The molecule has 4 aromatic rings. The van der Waals surface area contributed by atoms with Gasteiger partial charge in [-0.25, -0.2) is 9.41 Å². The second-order valence-corrected chi connectivity index (χ2v) is 13.2. The molecule has 32 heavy (non-hydrogen) atoms. The molecular formula is C29H27N2Si+. The van der Waals surface area contributed by atoms with E-state index in [1.54, 1.807) is 6.07 Å². The van der Waals surface area contributed by atoms with E-state index in [0.717, 1.165) is 33.1 Å². The number of hydrogen-bond acceptors (Lipinski definition) is 0. The molecule has 1 aliphatic heterocycles. The molecule has 0 N–H and O–H groups in total. The number of rotatable bonds is 2. The molecule has 0 unspecified atom stereocenters. The quantitative estimate of drug-likeness (QED) is 0.213. The van der Waals surface area contributed by atoms with Crippen LogP contribution in [0.25, 0.3) is 38.4 Å². The number of aromatic nitrogens is 1. The summed E-state index contributed by atoms with van der Waals surface area (Å²) in [5.74, 6) is 0. The van der Waals surface area contributed by atoms with Gasteiger partial charge in [0, 0.05) is 17.7 Å². The van der Waals surface area contributed by atoms with E-state index in [4.69, 9.17) is 13.4 Å². The number of nitrogens with zero attached hydrogens (tertiary/aromatic N) is 2. The molecule has 1 aliphatic rings. The first-order valence-electron chi connectivity index (χ1n) is 13.1. The van der Waals surface area contributed by atoms with E-state index in [2.05, 4.69) is 66.8 Å². The van der Waals surface area contributed by atoms with Crippen LogP contribution in [0.2, 0.25) is 13.1 Å². The van der Waals surface area contributed by atoms with Crippen LogP contribution in [0.3, 0.4) is 0 Å². The summed E-state index contributed by atoms with van der Waals surface area (Å²) in [6.07, 6.45) is 2.06. The van der Waals surface area contributed by atoms with Gasteiger partial charge in [0.2, 0.25) is 5.69 Å². The summed E-state index contributed by atoms with van der Waals surface area (Å²) in [5.41, 5.74) is 7.58. The van der Waals surface area contributed by atoms with Crippen molar-refractivity contribution in [2.45, 2.75) is 26.9 Å². The van der Waals surface area contributed by atoms with Crippen LogP contribution in [0.4, 0.5) is 5.69 Å². The number of pyridine rings is 1. The second kappa shape index (κ2) is 7.29. The first-order valence-corrected chi connectivity index (χ1v) is 13.6. The Bertz CT molecular complexity index is 1670. The SMILES string of the molecule is [2H]c1c([2H])c([2H])c(-c2c([N+]#[C-])ccc3c2[Si](C)(C)c2c-3ccc(C)c2-c2cc(C)cc[n+]2C)c([2H])c1[2H]. The fourth-order valence-electron chi connectivity index (χ4n) is 5.15. The van der Waals surface area contributed by atoms with E-state index in [1.165, 1.54) is 10.8 Å². The van der Waals surface area contributed by atoms with Crippen LogP contribution >= 0.6 is 0 Å². The molecule has 0 aliphatic carbocycles. The predicted octanol–water partition coefficient (Wildman–Crippen LogP) is 5.82. The Hall–Kier alpha value is -3.48. The summed E-state index contributed by atoms with van der Waals surface area (Å²) >= 11 is 0. The molecule has 0 amide bonds. The molecule has 0 radical (unpaired) electrons. The fourth-order valence-corrected chi connectivity index (χ4v) is 9.01. The smallest absolute Gasteiger partial charge is 0.212 e. The Morgan fingerprint density at radius 3 is 2.25 bits per heavy atom. The van der Waals surface area contributed by atoms with Gasteiger partial charge in [-0.05, 0) is 57.6 Å². The fraction of sp³-hybridized carbons (Fsp3) is 0.172. The predicted molar refractivity (Wildman–Crippen MR) is 136 cm³/mol. The zero-order chi connectivity index (χ0) is 27.0. The molecular weight excluding hydrogens is 404 g/mol. The lowest BCUT2D eigenvalue weighted by molar-refractivity contribution is -0.660. The largest absolute Gasteiger partial charge is 0.238 e. The minimum absolute atomic E-state index is 0.113. The highest BCUT2D eigenvalue weighted by Crippen LogP contribution is 2.41. The van der Waals surface area contributed by atoms with Crippen molar-refractivity contribution in [3.63, 3.8) is 0 Å². The van der Waals surface area contributed by atoms with Crippen molar-refractivity contribution in [1.29, 1.82) is 0 Å². The van der Waals surface area contributed by atoms with Crippen LogP contribution in [0.5, 0.6) is 0 Å².